The molecular weight excluding hydrogens is 208 g/mol. The molecule has 1 aromatic heterocycles. The second-order valence-electron chi connectivity index (χ2n) is 3.22. The van der Waals surface area contributed by atoms with E-state index in [0.29, 0.717) is 11.1 Å². The van der Waals surface area contributed by atoms with E-state index in [1.165, 1.54) is 6.26 Å². The largest absolute Gasteiger partial charge is 0.464 e. The topological polar surface area (TPSA) is 56.5 Å². The van der Waals surface area contributed by atoms with E-state index in [9.17, 15) is 9.59 Å². The van der Waals surface area contributed by atoms with Crippen LogP contribution in [0.3, 0.4) is 0 Å². The van der Waals surface area contributed by atoms with E-state index in [2.05, 4.69) is 4.74 Å². The van der Waals surface area contributed by atoms with Crippen molar-refractivity contribution in [3.8, 4) is 0 Å². The van der Waals surface area contributed by atoms with E-state index in [1.807, 2.05) is 0 Å². The molecule has 1 heterocycles. The molecule has 2 aromatic rings. The predicted molar refractivity (Wildman–Crippen MR) is 57.2 cm³/mol. The van der Waals surface area contributed by atoms with E-state index in [1.54, 1.807) is 31.2 Å². The maximum atomic E-state index is 11.6. The number of carbonyl (C=O) groups is 2. The first-order valence-corrected chi connectivity index (χ1v) is 4.91. The smallest absolute Gasteiger partial charge is 0.379 e. The Hall–Kier alpha value is -2.10. The molecule has 82 valence electrons. The molecule has 16 heavy (non-hydrogen) atoms. The first-order chi connectivity index (χ1) is 7.72. The van der Waals surface area contributed by atoms with Crippen LogP contribution in [0.15, 0.2) is 34.9 Å². The highest BCUT2D eigenvalue weighted by molar-refractivity contribution is 6.40. The summed E-state index contributed by atoms with van der Waals surface area (Å²) in [5.41, 5.74) is 0.993. The van der Waals surface area contributed by atoms with E-state index in [4.69, 9.17) is 4.42 Å². The van der Waals surface area contributed by atoms with Crippen LogP contribution in [0.4, 0.5) is 0 Å². The Morgan fingerprint density at radius 1 is 1.31 bits per heavy atom. The molecule has 0 aliphatic rings. The monoisotopic (exact) mass is 218 g/mol. The second-order valence-corrected chi connectivity index (χ2v) is 3.22. The van der Waals surface area contributed by atoms with Gasteiger partial charge in [-0.05, 0) is 31.2 Å². The van der Waals surface area contributed by atoms with Gasteiger partial charge in [0.15, 0.2) is 0 Å². The van der Waals surface area contributed by atoms with E-state index < -0.39 is 11.8 Å². The molecule has 0 aliphatic carbocycles. The molecule has 0 fully saturated rings. The maximum Gasteiger partial charge on any atom is 0.379 e. The number of hydrogen-bond acceptors (Lipinski definition) is 4. The maximum absolute atomic E-state index is 11.6. The number of Topliss-reactive ketones (excluding diaryl/α,β-unsaturated/α-hetero) is 1. The minimum Gasteiger partial charge on any atom is -0.464 e. The summed E-state index contributed by atoms with van der Waals surface area (Å²) in [6, 6.07) is 6.54. The summed E-state index contributed by atoms with van der Waals surface area (Å²) in [6.07, 6.45) is 1.53. The summed E-state index contributed by atoms with van der Waals surface area (Å²) in [5, 5.41) is 0.787. The van der Waals surface area contributed by atoms with Crippen molar-refractivity contribution in [1.82, 2.24) is 0 Å². The Morgan fingerprint density at radius 3 is 2.88 bits per heavy atom. The number of hydrogen-bond donors (Lipinski definition) is 0. The lowest BCUT2D eigenvalue weighted by Gasteiger charge is -2.00. The van der Waals surface area contributed by atoms with Gasteiger partial charge in [-0.15, -0.1) is 0 Å². The van der Waals surface area contributed by atoms with Crippen molar-refractivity contribution in [1.29, 1.82) is 0 Å². The Balaban J connectivity index is 2.32. The molecule has 0 amide bonds. The van der Waals surface area contributed by atoms with E-state index in [-0.39, 0.29) is 6.61 Å². The standard InChI is InChI=1S/C12H10O4/c1-2-15-12(14)11(13)9-3-4-10-8(7-9)5-6-16-10/h3-7H,2H2,1H3. The van der Waals surface area contributed by atoms with Gasteiger partial charge >= 0.3 is 5.97 Å². The molecule has 4 nitrogen and oxygen atoms in total. The summed E-state index contributed by atoms with van der Waals surface area (Å²) in [7, 11) is 0. The molecular formula is C12H10O4. The minimum absolute atomic E-state index is 0.193. The third-order valence-electron chi connectivity index (χ3n) is 2.18. The van der Waals surface area contributed by atoms with Crippen molar-refractivity contribution in [2.45, 2.75) is 6.92 Å². The molecule has 0 aliphatic heterocycles. The molecule has 0 atom stereocenters. The zero-order valence-electron chi connectivity index (χ0n) is 8.73. The van der Waals surface area contributed by atoms with Gasteiger partial charge in [-0.1, -0.05) is 0 Å². The number of rotatable bonds is 3. The highest BCUT2D eigenvalue weighted by atomic mass is 16.5. The fraction of sp³-hybridized carbons (Fsp3) is 0.167. The lowest BCUT2D eigenvalue weighted by molar-refractivity contribution is -0.137. The lowest BCUT2D eigenvalue weighted by Crippen LogP contribution is -2.17. The van der Waals surface area contributed by atoms with Gasteiger partial charge in [0.25, 0.3) is 5.78 Å². The number of ether oxygens (including phenoxy) is 1. The van der Waals surface area contributed by atoms with Crippen LogP contribution in [0.2, 0.25) is 0 Å². The molecule has 1 aromatic carbocycles. The average molecular weight is 218 g/mol. The van der Waals surface area contributed by atoms with Crippen molar-refractivity contribution in [2.24, 2.45) is 0 Å². The van der Waals surface area contributed by atoms with Gasteiger partial charge in [0.2, 0.25) is 0 Å². The van der Waals surface area contributed by atoms with Gasteiger partial charge in [0.05, 0.1) is 12.9 Å². The summed E-state index contributed by atoms with van der Waals surface area (Å²) < 4.78 is 9.77. The third kappa shape index (κ3) is 1.82. The predicted octanol–water partition coefficient (Wildman–Crippen LogP) is 2.18. The first-order valence-electron chi connectivity index (χ1n) is 4.91. The Bertz CT molecular complexity index is 539. The average Bonchev–Trinajstić information content (AvgIpc) is 2.75. The van der Waals surface area contributed by atoms with Gasteiger partial charge in [-0.2, -0.15) is 0 Å². The molecule has 2 rings (SSSR count). The molecule has 0 saturated carbocycles. The SMILES string of the molecule is CCOC(=O)C(=O)c1ccc2occc2c1. The van der Waals surface area contributed by atoms with Crippen molar-refractivity contribution < 1.29 is 18.7 Å². The van der Waals surface area contributed by atoms with Gasteiger partial charge in [0, 0.05) is 10.9 Å². The van der Waals surface area contributed by atoms with Crippen LogP contribution in [-0.2, 0) is 9.53 Å². The Morgan fingerprint density at radius 2 is 2.12 bits per heavy atom. The molecule has 0 saturated heterocycles. The van der Waals surface area contributed by atoms with Crippen molar-refractivity contribution in [3.05, 3.63) is 36.1 Å². The fourth-order valence-electron chi connectivity index (χ4n) is 1.42. The zero-order valence-corrected chi connectivity index (χ0v) is 8.73. The third-order valence-corrected chi connectivity index (χ3v) is 2.18. The van der Waals surface area contributed by atoms with Crippen LogP contribution in [0.25, 0.3) is 11.0 Å². The molecule has 0 N–H and O–H groups in total. The normalized spacial score (nSPS) is 10.3. The summed E-state index contributed by atoms with van der Waals surface area (Å²) >= 11 is 0. The number of furan rings is 1. The molecule has 0 radical (unpaired) electrons. The number of fused-ring (bicyclic) bond motifs is 1. The van der Waals surface area contributed by atoms with Gasteiger partial charge in [-0.25, -0.2) is 4.79 Å². The van der Waals surface area contributed by atoms with E-state index >= 15 is 0 Å². The van der Waals surface area contributed by atoms with Crippen LogP contribution in [0.5, 0.6) is 0 Å². The number of ketones is 1. The number of carbonyl (C=O) groups excluding carboxylic acids is 2. The first kappa shape index (κ1) is 10.4. The van der Waals surface area contributed by atoms with Gasteiger partial charge in [0.1, 0.15) is 5.58 Å². The van der Waals surface area contributed by atoms with Crippen LogP contribution < -0.4 is 0 Å². The van der Waals surface area contributed by atoms with Crippen molar-refractivity contribution >= 4 is 22.7 Å². The molecule has 0 bridgehead atoms. The highest BCUT2D eigenvalue weighted by Crippen LogP contribution is 2.17. The quantitative estimate of drug-likeness (QED) is 0.450. The Labute approximate surface area is 91.8 Å². The minimum atomic E-state index is -0.828. The van der Waals surface area contributed by atoms with Crippen LogP contribution in [0, 0.1) is 0 Å². The summed E-state index contributed by atoms with van der Waals surface area (Å²) in [4.78, 5) is 22.8. The fourth-order valence-corrected chi connectivity index (χ4v) is 1.42. The van der Waals surface area contributed by atoms with Crippen LogP contribution >= 0.6 is 0 Å². The molecule has 4 heteroatoms. The lowest BCUT2D eigenvalue weighted by atomic mass is 10.1. The highest BCUT2D eigenvalue weighted by Gasteiger charge is 2.17. The van der Waals surface area contributed by atoms with Crippen LogP contribution in [-0.4, -0.2) is 18.4 Å². The Kier molecular flexibility index (Phi) is 2.72. The number of benzene rings is 1. The van der Waals surface area contributed by atoms with Crippen molar-refractivity contribution in [2.75, 3.05) is 6.61 Å². The van der Waals surface area contributed by atoms with E-state index in [0.717, 1.165) is 5.39 Å². The summed E-state index contributed by atoms with van der Waals surface area (Å²) in [6.45, 7) is 1.85. The zero-order chi connectivity index (χ0) is 11.5. The summed E-state index contributed by atoms with van der Waals surface area (Å²) in [5.74, 6) is -1.46. The van der Waals surface area contributed by atoms with Gasteiger partial charge in [-0.3, -0.25) is 4.79 Å². The number of esters is 1. The van der Waals surface area contributed by atoms with Gasteiger partial charge < -0.3 is 9.15 Å². The molecule has 0 unspecified atom stereocenters. The molecule has 0 spiro atoms. The van der Waals surface area contributed by atoms with Crippen molar-refractivity contribution in [3.63, 3.8) is 0 Å². The van der Waals surface area contributed by atoms with Crippen LogP contribution in [0.1, 0.15) is 17.3 Å². The second kappa shape index (κ2) is 4.18.